The average Bonchev–Trinajstić information content (AvgIpc) is 2.87. The van der Waals surface area contributed by atoms with Crippen molar-refractivity contribution in [2.75, 3.05) is 26.8 Å². The summed E-state index contributed by atoms with van der Waals surface area (Å²) in [6.07, 6.45) is 1.78. The number of hydrogen-bond donors (Lipinski definition) is 2. The fraction of sp³-hybridized carbons (Fsp3) is 0.636. The number of aryl methyl sites for hydroxylation is 1. The molecule has 1 aromatic rings. The van der Waals surface area contributed by atoms with Gasteiger partial charge < -0.3 is 15.4 Å². The normalized spacial score (nSPS) is 23.9. The third kappa shape index (κ3) is 2.65. The van der Waals surface area contributed by atoms with Crippen LogP contribution in [0.3, 0.4) is 0 Å². The van der Waals surface area contributed by atoms with E-state index in [-0.39, 0.29) is 24.5 Å². The summed E-state index contributed by atoms with van der Waals surface area (Å²) in [5, 5.41) is 10.4. The zero-order valence-electron chi connectivity index (χ0n) is 10.1. The van der Waals surface area contributed by atoms with E-state index in [4.69, 9.17) is 4.74 Å². The molecule has 0 unspecified atom stereocenters. The van der Waals surface area contributed by atoms with E-state index in [0.717, 1.165) is 18.8 Å². The molecule has 0 radical (unpaired) electrons. The van der Waals surface area contributed by atoms with Gasteiger partial charge in [0, 0.05) is 45.1 Å². The molecule has 0 aliphatic carbocycles. The summed E-state index contributed by atoms with van der Waals surface area (Å²) in [5.41, 5.74) is 1.14. The van der Waals surface area contributed by atoms with E-state index in [1.54, 1.807) is 6.20 Å². The third-order valence-electron chi connectivity index (χ3n) is 3.07. The first-order valence-corrected chi connectivity index (χ1v) is 5.69. The summed E-state index contributed by atoms with van der Waals surface area (Å²) in [6, 6.07) is 2.10. The van der Waals surface area contributed by atoms with Crippen LogP contribution >= 0.6 is 0 Å². The van der Waals surface area contributed by atoms with Crippen LogP contribution in [0.15, 0.2) is 12.3 Å². The van der Waals surface area contributed by atoms with Gasteiger partial charge in [-0.1, -0.05) is 0 Å². The van der Waals surface area contributed by atoms with Crippen LogP contribution in [0.1, 0.15) is 11.6 Å². The van der Waals surface area contributed by atoms with E-state index in [9.17, 15) is 4.79 Å². The van der Waals surface area contributed by atoms with Gasteiger partial charge in [0.1, 0.15) is 6.61 Å². The van der Waals surface area contributed by atoms with E-state index in [1.165, 1.54) is 7.11 Å². The molecule has 1 aromatic heterocycles. The van der Waals surface area contributed by atoms with Gasteiger partial charge in [0.15, 0.2) is 0 Å². The van der Waals surface area contributed by atoms with Gasteiger partial charge in [0.05, 0.1) is 6.04 Å². The molecule has 94 valence electrons. The highest BCUT2D eigenvalue weighted by molar-refractivity contribution is 5.77. The second kappa shape index (κ2) is 5.29. The smallest absolute Gasteiger partial charge is 0.246 e. The van der Waals surface area contributed by atoms with E-state index >= 15 is 0 Å². The summed E-state index contributed by atoms with van der Waals surface area (Å²) >= 11 is 0. The molecular weight excluding hydrogens is 220 g/mol. The van der Waals surface area contributed by atoms with E-state index in [0.29, 0.717) is 0 Å². The molecule has 1 saturated heterocycles. The molecule has 0 spiro atoms. The Kier molecular flexibility index (Phi) is 3.75. The molecule has 2 rings (SSSR count). The van der Waals surface area contributed by atoms with Gasteiger partial charge in [-0.3, -0.25) is 9.48 Å². The molecule has 1 aliphatic heterocycles. The molecular formula is C11H18N4O2. The number of aromatic nitrogens is 2. The van der Waals surface area contributed by atoms with Crippen molar-refractivity contribution in [1.29, 1.82) is 0 Å². The Balaban J connectivity index is 2.03. The molecule has 0 saturated carbocycles. The van der Waals surface area contributed by atoms with Crippen LogP contribution < -0.4 is 10.6 Å². The van der Waals surface area contributed by atoms with Crippen molar-refractivity contribution in [2.24, 2.45) is 7.05 Å². The average molecular weight is 238 g/mol. The molecule has 6 heteroatoms. The van der Waals surface area contributed by atoms with Crippen molar-refractivity contribution in [3.05, 3.63) is 18.0 Å². The number of nitrogens with one attached hydrogen (secondary N) is 2. The van der Waals surface area contributed by atoms with Crippen molar-refractivity contribution < 1.29 is 9.53 Å². The topological polar surface area (TPSA) is 68.2 Å². The second-order valence-electron chi connectivity index (χ2n) is 4.25. The van der Waals surface area contributed by atoms with Crippen LogP contribution in [0.2, 0.25) is 0 Å². The summed E-state index contributed by atoms with van der Waals surface area (Å²) in [4.78, 5) is 11.5. The Morgan fingerprint density at radius 3 is 3.18 bits per heavy atom. The Labute approximate surface area is 100 Å². The summed E-state index contributed by atoms with van der Waals surface area (Å²) in [7, 11) is 3.44. The van der Waals surface area contributed by atoms with E-state index in [2.05, 4.69) is 15.7 Å². The number of amides is 1. The predicted octanol–water partition coefficient (Wildman–Crippen LogP) is -0.762. The van der Waals surface area contributed by atoms with Gasteiger partial charge >= 0.3 is 0 Å². The predicted molar refractivity (Wildman–Crippen MR) is 62.6 cm³/mol. The first kappa shape index (κ1) is 12.1. The van der Waals surface area contributed by atoms with Crippen LogP contribution in [-0.2, 0) is 16.6 Å². The quantitative estimate of drug-likeness (QED) is 0.723. The Morgan fingerprint density at radius 1 is 1.71 bits per heavy atom. The molecule has 17 heavy (non-hydrogen) atoms. The molecule has 0 aromatic carbocycles. The van der Waals surface area contributed by atoms with E-state index < -0.39 is 0 Å². The zero-order chi connectivity index (χ0) is 12.3. The van der Waals surface area contributed by atoms with Crippen molar-refractivity contribution in [2.45, 2.75) is 12.0 Å². The van der Waals surface area contributed by atoms with Gasteiger partial charge in [-0.15, -0.1) is 0 Å². The lowest BCUT2D eigenvalue weighted by molar-refractivity contribution is -0.125. The standard InChI is InChI=1S/C11H18N4O2/c1-15-10(3-4-13-15)8-5-12-6-9(8)14-11(16)7-17-2/h3-4,8-9,12H,5-7H2,1-2H3,(H,14,16)/t8-,9-/m0/s1. The molecule has 0 bridgehead atoms. The summed E-state index contributed by atoms with van der Waals surface area (Å²) < 4.78 is 6.67. The summed E-state index contributed by atoms with van der Waals surface area (Å²) in [6.45, 7) is 1.75. The fourth-order valence-corrected chi connectivity index (χ4v) is 2.27. The van der Waals surface area contributed by atoms with Crippen molar-refractivity contribution in [3.63, 3.8) is 0 Å². The lowest BCUT2D eigenvalue weighted by Gasteiger charge is -2.20. The third-order valence-corrected chi connectivity index (χ3v) is 3.07. The van der Waals surface area contributed by atoms with Crippen LogP contribution in [0.5, 0.6) is 0 Å². The summed E-state index contributed by atoms with van der Waals surface area (Å²) in [5.74, 6) is 0.191. The van der Waals surface area contributed by atoms with Crippen LogP contribution in [0, 0.1) is 0 Å². The zero-order valence-corrected chi connectivity index (χ0v) is 10.1. The number of carbonyl (C=O) groups is 1. The molecule has 1 amide bonds. The van der Waals surface area contributed by atoms with Crippen molar-refractivity contribution in [3.8, 4) is 0 Å². The van der Waals surface area contributed by atoms with E-state index in [1.807, 2.05) is 17.8 Å². The number of carbonyl (C=O) groups excluding carboxylic acids is 1. The molecule has 1 fully saturated rings. The minimum atomic E-state index is -0.0756. The first-order valence-electron chi connectivity index (χ1n) is 5.69. The molecule has 2 atom stereocenters. The van der Waals surface area contributed by atoms with Crippen LogP contribution in [-0.4, -0.2) is 48.5 Å². The second-order valence-corrected chi connectivity index (χ2v) is 4.25. The largest absolute Gasteiger partial charge is 0.375 e. The Morgan fingerprint density at radius 2 is 2.53 bits per heavy atom. The molecule has 2 heterocycles. The maximum atomic E-state index is 11.5. The number of nitrogens with zero attached hydrogens (tertiary/aromatic N) is 2. The number of hydrogen-bond acceptors (Lipinski definition) is 4. The fourth-order valence-electron chi connectivity index (χ4n) is 2.27. The SMILES string of the molecule is COCC(=O)N[C@H]1CNC[C@@H]1c1ccnn1C. The van der Waals surface area contributed by atoms with Gasteiger partial charge in [0.2, 0.25) is 5.91 Å². The van der Waals surface area contributed by atoms with Gasteiger partial charge in [-0.05, 0) is 6.07 Å². The van der Waals surface area contributed by atoms with Gasteiger partial charge in [-0.2, -0.15) is 5.10 Å². The van der Waals surface area contributed by atoms with Crippen molar-refractivity contribution >= 4 is 5.91 Å². The van der Waals surface area contributed by atoms with Crippen LogP contribution in [0.25, 0.3) is 0 Å². The molecule has 1 aliphatic rings. The first-order chi connectivity index (χ1) is 8.22. The highest BCUT2D eigenvalue weighted by atomic mass is 16.5. The minimum absolute atomic E-state index is 0.0756. The lowest BCUT2D eigenvalue weighted by atomic mass is 9.99. The highest BCUT2D eigenvalue weighted by Crippen LogP contribution is 2.21. The van der Waals surface area contributed by atoms with Gasteiger partial charge in [0.25, 0.3) is 0 Å². The maximum absolute atomic E-state index is 11.5. The number of methoxy groups -OCH3 is 1. The monoisotopic (exact) mass is 238 g/mol. The Hall–Kier alpha value is -1.40. The highest BCUT2D eigenvalue weighted by Gasteiger charge is 2.31. The molecule has 2 N–H and O–H groups in total. The van der Waals surface area contributed by atoms with Crippen LogP contribution in [0.4, 0.5) is 0 Å². The van der Waals surface area contributed by atoms with Gasteiger partial charge in [-0.25, -0.2) is 0 Å². The maximum Gasteiger partial charge on any atom is 0.246 e. The molecule has 6 nitrogen and oxygen atoms in total. The number of rotatable bonds is 4. The lowest BCUT2D eigenvalue weighted by Crippen LogP contribution is -2.41. The number of ether oxygens (including phenoxy) is 1. The van der Waals surface area contributed by atoms with Crippen molar-refractivity contribution in [1.82, 2.24) is 20.4 Å². The Bertz CT molecular complexity index is 391. The minimum Gasteiger partial charge on any atom is -0.375 e.